The van der Waals surface area contributed by atoms with Crippen LogP contribution in [0.3, 0.4) is 0 Å². The molecule has 1 amide bonds. The van der Waals surface area contributed by atoms with Gasteiger partial charge in [-0.25, -0.2) is 0 Å². The third kappa shape index (κ3) is 3.46. The first-order valence-corrected chi connectivity index (χ1v) is 6.50. The molecule has 0 aromatic heterocycles. The Balaban J connectivity index is 2.84. The third-order valence-corrected chi connectivity index (χ3v) is 3.41. The zero-order valence-corrected chi connectivity index (χ0v) is 12.1. The van der Waals surface area contributed by atoms with Gasteiger partial charge in [0.25, 0.3) is 5.91 Å². The first-order chi connectivity index (χ1) is 7.56. The van der Waals surface area contributed by atoms with Crippen LogP contribution in [0.2, 0.25) is 0 Å². The SMILES string of the molecule is C=CC[C@@H](C)NC(=O)c1c(Br)cccc1Br. The first kappa shape index (κ1) is 13.5. The number of nitrogens with one attached hydrogen (secondary N) is 1. The molecule has 0 radical (unpaired) electrons. The molecule has 1 N–H and O–H groups in total. The summed E-state index contributed by atoms with van der Waals surface area (Å²) < 4.78 is 1.57. The molecule has 2 nitrogen and oxygen atoms in total. The molecule has 0 aliphatic rings. The van der Waals surface area contributed by atoms with E-state index in [9.17, 15) is 4.79 Å². The maximum atomic E-state index is 12.0. The van der Waals surface area contributed by atoms with Crippen molar-refractivity contribution in [3.05, 3.63) is 45.4 Å². The molecule has 0 saturated carbocycles. The van der Waals surface area contributed by atoms with Crippen molar-refractivity contribution >= 4 is 37.8 Å². The Bertz CT molecular complexity index is 384. The van der Waals surface area contributed by atoms with Gasteiger partial charge in [0.05, 0.1) is 5.56 Å². The highest BCUT2D eigenvalue weighted by molar-refractivity contribution is 9.11. The van der Waals surface area contributed by atoms with E-state index < -0.39 is 0 Å². The average Bonchev–Trinajstić information content (AvgIpc) is 2.17. The summed E-state index contributed by atoms with van der Waals surface area (Å²) in [7, 11) is 0. The van der Waals surface area contributed by atoms with Crippen molar-refractivity contribution < 1.29 is 4.79 Å². The zero-order valence-electron chi connectivity index (χ0n) is 8.97. The Labute approximate surface area is 112 Å². The quantitative estimate of drug-likeness (QED) is 0.823. The summed E-state index contributed by atoms with van der Waals surface area (Å²) in [6, 6.07) is 5.65. The van der Waals surface area contributed by atoms with Gasteiger partial charge < -0.3 is 5.32 Å². The summed E-state index contributed by atoms with van der Waals surface area (Å²) >= 11 is 6.73. The van der Waals surface area contributed by atoms with Crippen molar-refractivity contribution in [1.29, 1.82) is 0 Å². The molecule has 1 atom stereocenters. The van der Waals surface area contributed by atoms with E-state index in [-0.39, 0.29) is 11.9 Å². The second kappa shape index (κ2) is 6.21. The predicted molar refractivity (Wildman–Crippen MR) is 73.6 cm³/mol. The molecule has 0 heterocycles. The Kier molecular flexibility index (Phi) is 5.22. The summed E-state index contributed by atoms with van der Waals surface area (Å²) in [6.07, 6.45) is 2.55. The molecular weight excluding hydrogens is 334 g/mol. The fraction of sp³-hybridized carbons (Fsp3) is 0.250. The molecule has 86 valence electrons. The minimum Gasteiger partial charge on any atom is -0.349 e. The highest BCUT2D eigenvalue weighted by atomic mass is 79.9. The lowest BCUT2D eigenvalue weighted by Crippen LogP contribution is -2.32. The van der Waals surface area contributed by atoms with Crippen LogP contribution in [0.15, 0.2) is 39.8 Å². The molecule has 4 heteroatoms. The number of carbonyl (C=O) groups excluding carboxylic acids is 1. The molecule has 1 aromatic rings. The summed E-state index contributed by atoms with van der Waals surface area (Å²) in [5.41, 5.74) is 0.624. The normalized spacial score (nSPS) is 11.9. The predicted octanol–water partition coefficient (Wildman–Crippen LogP) is 3.91. The van der Waals surface area contributed by atoms with Crippen LogP contribution in [-0.4, -0.2) is 11.9 Å². The molecule has 1 rings (SSSR count). The van der Waals surface area contributed by atoms with E-state index in [4.69, 9.17) is 0 Å². The van der Waals surface area contributed by atoms with Gasteiger partial charge in [0.15, 0.2) is 0 Å². The summed E-state index contributed by atoms with van der Waals surface area (Å²) in [5, 5.41) is 2.91. The molecule has 16 heavy (non-hydrogen) atoms. The minimum absolute atomic E-state index is 0.0870. The van der Waals surface area contributed by atoms with Crippen LogP contribution in [-0.2, 0) is 0 Å². The highest BCUT2D eigenvalue weighted by Crippen LogP contribution is 2.25. The average molecular weight is 347 g/mol. The van der Waals surface area contributed by atoms with E-state index in [1.165, 1.54) is 0 Å². The van der Waals surface area contributed by atoms with Gasteiger partial charge >= 0.3 is 0 Å². The maximum Gasteiger partial charge on any atom is 0.253 e. The fourth-order valence-electron chi connectivity index (χ4n) is 1.32. The molecule has 0 bridgehead atoms. The fourth-order valence-corrected chi connectivity index (χ4v) is 2.68. The van der Waals surface area contributed by atoms with E-state index in [0.29, 0.717) is 5.56 Å². The van der Waals surface area contributed by atoms with Crippen LogP contribution in [0.25, 0.3) is 0 Å². The van der Waals surface area contributed by atoms with E-state index in [0.717, 1.165) is 15.4 Å². The van der Waals surface area contributed by atoms with Gasteiger partial charge in [-0.3, -0.25) is 4.79 Å². The number of benzene rings is 1. The first-order valence-electron chi connectivity index (χ1n) is 4.92. The van der Waals surface area contributed by atoms with Gasteiger partial charge in [0.2, 0.25) is 0 Å². The van der Waals surface area contributed by atoms with Crippen LogP contribution in [0.5, 0.6) is 0 Å². The number of hydrogen-bond acceptors (Lipinski definition) is 1. The summed E-state index contributed by atoms with van der Waals surface area (Å²) in [4.78, 5) is 12.0. The molecule has 0 unspecified atom stereocenters. The van der Waals surface area contributed by atoms with Crippen molar-refractivity contribution in [2.24, 2.45) is 0 Å². The standard InChI is InChI=1S/C12H13Br2NO/c1-3-5-8(2)15-12(16)11-9(13)6-4-7-10(11)14/h3-4,6-8H,1,5H2,2H3,(H,15,16)/t8-/m1/s1. The minimum atomic E-state index is -0.0892. The van der Waals surface area contributed by atoms with Gasteiger partial charge in [-0.2, -0.15) is 0 Å². The van der Waals surface area contributed by atoms with Gasteiger partial charge in [0, 0.05) is 15.0 Å². The Morgan fingerprint density at radius 1 is 1.50 bits per heavy atom. The summed E-state index contributed by atoms with van der Waals surface area (Å²) in [5.74, 6) is -0.0892. The van der Waals surface area contributed by atoms with E-state index >= 15 is 0 Å². The number of amides is 1. The molecule has 1 aromatic carbocycles. The number of hydrogen-bond donors (Lipinski definition) is 1. The second-order valence-corrected chi connectivity index (χ2v) is 5.20. The number of rotatable bonds is 4. The molecule has 0 fully saturated rings. The Morgan fingerprint density at radius 3 is 2.56 bits per heavy atom. The van der Waals surface area contributed by atoms with Gasteiger partial charge in [-0.1, -0.05) is 12.1 Å². The smallest absolute Gasteiger partial charge is 0.253 e. The van der Waals surface area contributed by atoms with Crippen molar-refractivity contribution in [2.45, 2.75) is 19.4 Å². The summed E-state index contributed by atoms with van der Waals surface area (Å²) in [6.45, 7) is 5.59. The lowest BCUT2D eigenvalue weighted by atomic mass is 10.2. The topological polar surface area (TPSA) is 29.1 Å². The lowest BCUT2D eigenvalue weighted by Gasteiger charge is -2.13. The Hall–Kier alpha value is -0.610. The highest BCUT2D eigenvalue weighted by Gasteiger charge is 2.15. The molecular formula is C12H13Br2NO. The van der Waals surface area contributed by atoms with Crippen molar-refractivity contribution in [3.63, 3.8) is 0 Å². The van der Waals surface area contributed by atoms with E-state index in [1.54, 1.807) is 6.08 Å². The van der Waals surface area contributed by atoms with Crippen LogP contribution >= 0.6 is 31.9 Å². The van der Waals surface area contributed by atoms with Crippen LogP contribution in [0, 0.1) is 0 Å². The lowest BCUT2D eigenvalue weighted by molar-refractivity contribution is 0.0939. The molecule has 0 aliphatic heterocycles. The van der Waals surface area contributed by atoms with E-state index in [1.807, 2.05) is 25.1 Å². The van der Waals surface area contributed by atoms with Crippen molar-refractivity contribution in [2.75, 3.05) is 0 Å². The van der Waals surface area contributed by atoms with Gasteiger partial charge in [-0.15, -0.1) is 6.58 Å². The van der Waals surface area contributed by atoms with Crippen molar-refractivity contribution in [3.8, 4) is 0 Å². The van der Waals surface area contributed by atoms with Crippen LogP contribution in [0.1, 0.15) is 23.7 Å². The second-order valence-electron chi connectivity index (χ2n) is 3.50. The molecule has 0 saturated heterocycles. The maximum absolute atomic E-state index is 12.0. The van der Waals surface area contributed by atoms with Crippen molar-refractivity contribution in [1.82, 2.24) is 5.32 Å². The number of halogens is 2. The zero-order chi connectivity index (χ0) is 12.1. The van der Waals surface area contributed by atoms with Crippen LogP contribution in [0.4, 0.5) is 0 Å². The monoisotopic (exact) mass is 345 g/mol. The van der Waals surface area contributed by atoms with Gasteiger partial charge in [-0.05, 0) is 57.3 Å². The molecule has 0 spiro atoms. The van der Waals surface area contributed by atoms with Crippen LogP contribution < -0.4 is 5.32 Å². The van der Waals surface area contributed by atoms with E-state index in [2.05, 4.69) is 43.8 Å². The van der Waals surface area contributed by atoms with Gasteiger partial charge in [0.1, 0.15) is 0 Å². The Morgan fingerprint density at radius 2 is 2.06 bits per heavy atom. The largest absolute Gasteiger partial charge is 0.349 e. The third-order valence-electron chi connectivity index (χ3n) is 2.09. The number of carbonyl (C=O) groups is 1. The molecule has 0 aliphatic carbocycles.